The lowest BCUT2D eigenvalue weighted by molar-refractivity contribution is 1.07. The molecule has 0 radical (unpaired) electrons. The number of hydrogen-bond donors (Lipinski definition) is 0. The molecular formula is C44H29N3S. The average molecular weight is 632 g/mol. The van der Waals surface area contributed by atoms with E-state index in [-0.39, 0.29) is 0 Å². The van der Waals surface area contributed by atoms with E-state index < -0.39 is 0 Å². The predicted octanol–water partition coefficient (Wildman–Crippen LogP) is 11.4. The van der Waals surface area contributed by atoms with Crippen LogP contribution < -0.4 is 0 Å². The molecule has 0 amide bonds. The van der Waals surface area contributed by atoms with Crippen molar-refractivity contribution in [1.82, 2.24) is 15.0 Å². The molecule has 0 saturated carbocycles. The van der Waals surface area contributed by atoms with E-state index in [0.717, 1.165) is 28.7 Å². The van der Waals surface area contributed by atoms with Crippen LogP contribution in [0.1, 0.15) is 16.7 Å². The van der Waals surface area contributed by atoms with Gasteiger partial charge in [0.1, 0.15) is 0 Å². The smallest absolute Gasteiger partial charge is 0.164 e. The SMILES string of the molecule is C1=C(c2ccc(-c3ccc(-c4nc(-c5ccccc5)nc(-c5ccccc5)n4)cc3)cc2)c2c(sc3ccccc23)-c2ccccc2C1. The van der Waals surface area contributed by atoms with Crippen LogP contribution in [0.25, 0.3) is 71.4 Å². The summed E-state index contributed by atoms with van der Waals surface area (Å²) in [4.78, 5) is 16.0. The largest absolute Gasteiger partial charge is 0.208 e. The predicted molar refractivity (Wildman–Crippen MR) is 200 cm³/mol. The molecule has 1 aliphatic carbocycles. The first-order valence-electron chi connectivity index (χ1n) is 16.2. The molecule has 2 aromatic heterocycles. The molecule has 48 heavy (non-hydrogen) atoms. The summed E-state index contributed by atoms with van der Waals surface area (Å²) in [5, 5.41) is 1.32. The van der Waals surface area contributed by atoms with E-state index in [2.05, 4.69) is 103 Å². The van der Waals surface area contributed by atoms with Crippen LogP contribution in [0.2, 0.25) is 0 Å². The van der Waals surface area contributed by atoms with Crippen LogP contribution >= 0.6 is 11.3 Å². The fourth-order valence-electron chi connectivity index (χ4n) is 6.59. The Kier molecular flexibility index (Phi) is 7.07. The molecular weight excluding hydrogens is 603 g/mol. The molecule has 9 rings (SSSR count). The Morgan fingerprint density at radius 2 is 0.896 bits per heavy atom. The van der Waals surface area contributed by atoms with Crippen LogP contribution in [0.15, 0.2) is 164 Å². The normalized spacial score (nSPS) is 12.2. The third kappa shape index (κ3) is 5.13. The van der Waals surface area contributed by atoms with Gasteiger partial charge >= 0.3 is 0 Å². The van der Waals surface area contributed by atoms with E-state index in [9.17, 15) is 0 Å². The lowest BCUT2D eigenvalue weighted by atomic mass is 9.93. The van der Waals surface area contributed by atoms with E-state index >= 15 is 0 Å². The monoisotopic (exact) mass is 631 g/mol. The first kappa shape index (κ1) is 28.3. The maximum atomic E-state index is 4.90. The number of allylic oxidation sites excluding steroid dienone is 1. The minimum absolute atomic E-state index is 0.657. The minimum atomic E-state index is 0.657. The van der Waals surface area contributed by atoms with E-state index in [1.165, 1.54) is 48.4 Å². The van der Waals surface area contributed by atoms with Crippen molar-refractivity contribution in [2.24, 2.45) is 0 Å². The van der Waals surface area contributed by atoms with Crippen molar-refractivity contribution in [3.05, 3.63) is 180 Å². The number of thiophene rings is 1. The van der Waals surface area contributed by atoms with Gasteiger partial charge in [0.2, 0.25) is 0 Å². The summed E-state index contributed by atoms with van der Waals surface area (Å²) < 4.78 is 1.33. The van der Waals surface area contributed by atoms with Gasteiger partial charge in [0.15, 0.2) is 17.5 Å². The molecule has 0 bridgehead atoms. The number of benzene rings is 6. The lowest BCUT2D eigenvalue weighted by Gasteiger charge is -2.11. The second-order valence-electron chi connectivity index (χ2n) is 12.0. The van der Waals surface area contributed by atoms with Crippen molar-refractivity contribution >= 4 is 27.0 Å². The average Bonchev–Trinajstić information content (AvgIpc) is 3.47. The lowest BCUT2D eigenvalue weighted by Crippen LogP contribution is -2.00. The van der Waals surface area contributed by atoms with Crippen molar-refractivity contribution in [2.45, 2.75) is 6.42 Å². The van der Waals surface area contributed by atoms with E-state index in [1.807, 2.05) is 72.0 Å². The molecule has 4 heteroatoms. The Morgan fingerprint density at radius 1 is 0.417 bits per heavy atom. The minimum Gasteiger partial charge on any atom is -0.208 e. The van der Waals surface area contributed by atoms with Gasteiger partial charge in [-0.2, -0.15) is 0 Å². The fraction of sp³-hybridized carbons (Fsp3) is 0.0227. The van der Waals surface area contributed by atoms with Crippen molar-refractivity contribution in [1.29, 1.82) is 0 Å². The highest BCUT2D eigenvalue weighted by molar-refractivity contribution is 7.22. The molecule has 0 aliphatic heterocycles. The maximum absolute atomic E-state index is 4.90. The highest BCUT2D eigenvalue weighted by atomic mass is 32.1. The number of nitrogens with zero attached hydrogens (tertiary/aromatic N) is 3. The van der Waals surface area contributed by atoms with Crippen LogP contribution in [0, 0.1) is 0 Å². The van der Waals surface area contributed by atoms with Crippen LogP contribution in [0.5, 0.6) is 0 Å². The quantitative estimate of drug-likeness (QED) is 0.190. The fourth-order valence-corrected chi connectivity index (χ4v) is 7.87. The molecule has 0 unspecified atom stereocenters. The molecule has 6 aromatic carbocycles. The summed E-state index contributed by atoms with van der Waals surface area (Å²) in [5.41, 5.74) is 11.8. The molecule has 226 valence electrons. The van der Waals surface area contributed by atoms with Gasteiger partial charge in [-0.3, -0.25) is 0 Å². The van der Waals surface area contributed by atoms with Gasteiger partial charge in [0, 0.05) is 37.2 Å². The van der Waals surface area contributed by atoms with Gasteiger partial charge in [0.25, 0.3) is 0 Å². The number of fused-ring (bicyclic) bond motifs is 5. The molecule has 0 fully saturated rings. The summed E-state index contributed by atoms with van der Waals surface area (Å²) >= 11 is 1.90. The van der Waals surface area contributed by atoms with Crippen LogP contribution in [0.3, 0.4) is 0 Å². The summed E-state index contributed by atoms with van der Waals surface area (Å²) in [5.74, 6) is 1.98. The van der Waals surface area contributed by atoms with Crippen LogP contribution in [-0.4, -0.2) is 15.0 Å². The molecule has 0 atom stereocenters. The number of hydrogen-bond acceptors (Lipinski definition) is 4. The van der Waals surface area contributed by atoms with Gasteiger partial charge < -0.3 is 0 Å². The zero-order valence-corrected chi connectivity index (χ0v) is 26.9. The molecule has 1 aliphatic rings. The Balaban J connectivity index is 1.06. The van der Waals surface area contributed by atoms with Gasteiger partial charge in [-0.1, -0.05) is 158 Å². The third-order valence-corrected chi connectivity index (χ3v) is 10.2. The second kappa shape index (κ2) is 12.0. The first-order chi connectivity index (χ1) is 23.8. The number of aromatic nitrogens is 3. The van der Waals surface area contributed by atoms with Gasteiger partial charge in [-0.25, -0.2) is 15.0 Å². The summed E-state index contributed by atoms with van der Waals surface area (Å²) in [6.45, 7) is 0. The second-order valence-corrected chi connectivity index (χ2v) is 13.0. The summed E-state index contributed by atoms with van der Waals surface area (Å²) in [7, 11) is 0. The molecule has 8 aromatic rings. The topological polar surface area (TPSA) is 38.7 Å². The van der Waals surface area contributed by atoms with Crippen molar-refractivity contribution in [3.63, 3.8) is 0 Å². The molecule has 0 N–H and O–H groups in total. The van der Waals surface area contributed by atoms with Gasteiger partial charge in [0.05, 0.1) is 0 Å². The molecule has 0 saturated heterocycles. The van der Waals surface area contributed by atoms with E-state index in [1.54, 1.807) is 0 Å². The van der Waals surface area contributed by atoms with Crippen molar-refractivity contribution in [3.8, 4) is 55.7 Å². The Bertz CT molecular complexity index is 2390. The van der Waals surface area contributed by atoms with Crippen LogP contribution in [-0.2, 0) is 6.42 Å². The highest BCUT2D eigenvalue weighted by Crippen LogP contribution is 2.47. The Hall–Kier alpha value is -5.97. The van der Waals surface area contributed by atoms with Gasteiger partial charge in [-0.15, -0.1) is 11.3 Å². The molecule has 2 heterocycles. The maximum Gasteiger partial charge on any atom is 0.164 e. The highest BCUT2D eigenvalue weighted by Gasteiger charge is 2.22. The van der Waals surface area contributed by atoms with E-state index in [4.69, 9.17) is 15.0 Å². The van der Waals surface area contributed by atoms with Crippen LogP contribution in [0.4, 0.5) is 0 Å². The Morgan fingerprint density at radius 3 is 1.52 bits per heavy atom. The van der Waals surface area contributed by atoms with Crippen molar-refractivity contribution < 1.29 is 0 Å². The zero-order valence-electron chi connectivity index (χ0n) is 26.0. The molecule has 0 spiro atoms. The Labute approximate surface area is 283 Å². The van der Waals surface area contributed by atoms with Crippen molar-refractivity contribution in [2.75, 3.05) is 0 Å². The third-order valence-electron chi connectivity index (χ3n) is 9.02. The summed E-state index contributed by atoms with van der Waals surface area (Å²) in [6.07, 6.45) is 3.33. The van der Waals surface area contributed by atoms with Gasteiger partial charge in [-0.05, 0) is 45.9 Å². The van der Waals surface area contributed by atoms with E-state index in [0.29, 0.717) is 17.5 Å². The zero-order chi connectivity index (χ0) is 31.9. The number of rotatable bonds is 5. The standard InChI is InChI=1S/C44H29N3S/c1-3-12-33(13-4-1)42-45-43(34-14-5-2-6-15-34)47-44(46-42)35-25-21-30(22-26-35)29-19-23-32(24-20-29)36-28-27-31-11-7-8-16-37(31)41-40(36)38-17-9-10-18-39(38)48-41/h1-26,28H,27H2. The first-order valence-corrected chi connectivity index (χ1v) is 17.0. The molecule has 3 nitrogen and oxygen atoms in total. The summed E-state index contributed by atoms with van der Waals surface area (Å²) in [6, 6.07) is 55.3.